The van der Waals surface area contributed by atoms with Gasteiger partial charge in [-0.2, -0.15) is 47.4 Å². The monoisotopic (exact) mass is 1180 g/mol. The number of rotatable bonds is 9. The fourth-order valence-electron chi connectivity index (χ4n) is 12.1. The number of alkyl halides is 6. The molecule has 9 nitrogen and oxygen atoms in total. The van der Waals surface area contributed by atoms with E-state index in [1.807, 2.05) is 121 Å². The number of nitriles is 4. The molecule has 90 heavy (non-hydrogen) atoms. The van der Waals surface area contributed by atoms with Gasteiger partial charge in [0.2, 0.25) is 0 Å². The van der Waals surface area contributed by atoms with Crippen molar-refractivity contribution in [2.24, 2.45) is 0 Å². The van der Waals surface area contributed by atoms with E-state index in [-0.39, 0.29) is 40.0 Å². The van der Waals surface area contributed by atoms with Gasteiger partial charge in [0, 0.05) is 38.2 Å². The van der Waals surface area contributed by atoms with Crippen molar-refractivity contribution >= 4 is 43.6 Å². The van der Waals surface area contributed by atoms with Crippen LogP contribution in [-0.2, 0) is 12.4 Å². The quantitative estimate of drug-likeness (QED) is 0.131. The van der Waals surface area contributed by atoms with Crippen LogP contribution < -0.4 is 0 Å². The van der Waals surface area contributed by atoms with E-state index < -0.39 is 23.5 Å². The van der Waals surface area contributed by atoms with Gasteiger partial charge in [-0.25, -0.2) is 15.0 Å². The maximum atomic E-state index is 15.4. The third-order valence-corrected chi connectivity index (χ3v) is 16.2. The summed E-state index contributed by atoms with van der Waals surface area (Å²) >= 11 is 0. The molecule has 0 spiro atoms. The Hall–Kier alpha value is -12.4. The van der Waals surface area contributed by atoms with Crippen molar-refractivity contribution in [3.8, 4) is 114 Å². The maximum absolute atomic E-state index is 15.4. The van der Waals surface area contributed by atoms with Crippen molar-refractivity contribution in [2.45, 2.75) is 12.4 Å². The van der Waals surface area contributed by atoms with Crippen molar-refractivity contribution in [1.82, 2.24) is 24.1 Å². The zero-order valence-electron chi connectivity index (χ0n) is 46.8. The van der Waals surface area contributed by atoms with Gasteiger partial charge in [-0.05, 0) is 154 Å². The summed E-state index contributed by atoms with van der Waals surface area (Å²) in [6, 6.07) is 74.6. The lowest BCUT2D eigenvalue weighted by Crippen LogP contribution is -2.10. The number of aromatic nitrogens is 5. The first-order chi connectivity index (χ1) is 43.7. The summed E-state index contributed by atoms with van der Waals surface area (Å²) in [5, 5.41) is 43.4. The molecule has 0 saturated heterocycles. The Morgan fingerprint density at radius 3 is 0.867 bits per heavy atom. The Bertz CT molecular complexity index is 4930. The van der Waals surface area contributed by atoms with E-state index in [4.69, 9.17) is 15.0 Å². The molecule has 0 atom stereocenters. The van der Waals surface area contributed by atoms with Crippen LogP contribution in [0.15, 0.2) is 237 Å². The van der Waals surface area contributed by atoms with Crippen LogP contribution in [0.4, 0.5) is 26.3 Å². The lowest BCUT2D eigenvalue weighted by atomic mass is 9.96. The lowest BCUT2D eigenvalue weighted by Gasteiger charge is -2.19. The summed E-state index contributed by atoms with van der Waals surface area (Å²) in [6.45, 7) is 0. The Labute approximate surface area is 509 Å². The van der Waals surface area contributed by atoms with Gasteiger partial charge >= 0.3 is 12.4 Å². The smallest absolute Gasteiger partial charge is 0.309 e. The van der Waals surface area contributed by atoms with Gasteiger partial charge in [0.15, 0.2) is 17.5 Å². The van der Waals surface area contributed by atoms with Gasteiger partial charge in [-0.1, -0.05) is 127 Å². The fraction of sp³-hybridized carbons (Fsp3) is 0.0267. The SMILES string of the molecule is N#Cc1ccccc1-c1ccc2c(c1)c1cc(-c3ccccc3C#N)ccc1n2-c1ccc(C(F)(F)F)cc1-c1nc(-c2ccccc2)nc(-c2cc(C(F)(F)F)ccc2-n2c3ccc(-c4ccccc4C#N)cc3c3cc(-c4ccccc4C#N)ccc32)n1. The molecular weight excluding hydrogens is 1140 g/mol. The number of halogens is 6. The zero-order valence-corrected chi connectivity index (χ0v) is 46.8. The second-order valence-electron chi connectivity index (χ2n) is 21.4. The molecule has 3 heterocycles. The number of hydrogen-bond donors (Lipinski definition) is 0. The standard InChI is InChI=1S/C75H39F6N9/c76-74(77,78)53-26-32-69(89-65-28-22-45(55-18-8-4-14-49(55)40-82)34-59(65)60-35-46(23-29-66(60)89)56-19-9-5-15-50(56)41-83)63(38-53)72-86-71(44-12-2-1-3-13-44)87-73(88-72)64-39-54(75(79,80)81)27-33-70(64)90-67-30-24-47(57-20-10-6-16-51(57)42-84)36-61(67)62-37-48(25-31-68(62)90)58-21-11-7-17-52(58)43-85/h1-39H. The van der Waals surface area contributed by atoms with Crippen LogP contribution in [0.5, 0.6) is 0 Å². The van der Waals surface area contributed by atoms with Gasteiger partial charge < -0.3 is 9.13 Å². The van der Waals surface area contributed by atoms with E-state index in [9.17, 15) is 21.0 Å². The van der Waals surface area contributed by atoms with Crippen LogP contribution >= 0.6 is 0 Å². The van der Waals surface area contributed by atoms with Gasteiger partial charge in [-0.3, -0.25) is 0 Å². The van der Waals surface area contributed by atoms with Gasteiger partial charge in [0.05, 0.1) is 91.1 Å². The van der Waals surface area contributed by atoms with Crippen molar-refractivity contribution in [3.05, 3.63) is 270 Å². The number of nitrogens with zero attached hydrogens (tertiary/aromatic N) is 9. The number of fused-ring (bicyclic) bond motifs is 6. The van der Waals surface area contributed by atoms with Crippen molar-refractivity contribution in [3.63, 3.8) is 0 Å². The highest BCUT2D eigenvalue weighted by Crippen LogP contribution is 2.46. The number of benzene rings is 11. The molecule has 0 saturated carbocycles. The second-order valence-corrected chi connectivity index (χ2v) is 21.4. The van der Waals surface area contributed by atoms with Crippen LogP contribution in [0.3, 0.4) is 0 Å². The summed E-state index contributed by atoms with van der Waals surface area (Å²) in [4.78, 5) is 14.8. The highest BCUT2D eigenvalue weighted by molar-refractivity contribution is 6.14. The molecule has 0 N–H and O–H groups in total. The zero-order chi connectivity index (χ0) is 62.0. The molecule has 0 radical (unpaired) electrons. The Morgan fingerprint density at radius 2 is 0.567 bits per heavy atom. The fourth-order valence-corrected chi connectivity index (χ4v) is 12.1. The van der Waals surface area contributed by atoms with Crippen LogP contribution in [0.1, 0.15) is 33.4 Å². The molecule has 0 bridgehead atoms. The third-order valence-electron chi connectivity index (χ3n) is 16.2. The molecule has 0 aliphatic rings. The number of hydrogen-bond acceptors (Lipinski definition) is 7. The highest BCUT2D eigenvalue weighted by atomic mass is 19.4. The van der Waals surface area contributed by atoms with Crippen LogP contribution in [0.25, 0.3) is 134 Å². The van der Waals surface area contributed by atoms with Gasteiger partial charge in [0.1, 0.15) is 0 Å². The predicted octanol–water partition coefficient (Wildman–Crippen LogP) is 19.3. The molecular formula is C75H39F6N9. The molecule has 14 rings (SSSR count). The molecule has 15 heteroatoms. The average molecular weight is 1180 g/mol. The van der Waals surface area contributed by atoms with Crippen LogP contribution in [0, 0.1) is 45.3 Å². The molecule has 0 unspecified atom stereocenters. The van der Waals surface area contributed by atoms with Crippen molar-refractivity contribution in [2.75, 3.05) is 0 Å². The lowest BCUT2D eigenvalue weighted by molar-refractivity contribution is -0.138. The first-order valence-electron chi connectivity index (χ1n) is 28.1. The van der Waals surface area contributed by atoms with Gasteiger partial charge in [-0.15, -0.1) is 0 Å². The predicted molar refractivity (Wildman–Crippen MR) is 335 cm³/mol. The van der Waals surface area contributed by atoms with Crippen LogP contribution in [0.2, 0.25) is 0 Å². The Morgan fingerprint density at radius 1 is 0.278 bits per heavy atom. The minimum atomic E-state index is -4.91. The summed E-state index contributed by atoms with van der Waals surface area (Å²) in [7, 11) is 0. The van der Waals surface area contributed by atoms with E-state index in [1.54, 1.807) is 88.0 Å². The second kappa shape index (κ2) is 21.8. The topological polar surface area (TPSA) is 144 Å². The maximum Gasteiger partial charge on any atom is 0.416 e. The molecule has 426 valence electrons. The molecule has 0 fully saturated rings. The third kappa shape index (κ3) is 9.57. The molecule has 3 aromatic heterocycles. The minimum absolute atomic E-state index is 0.0602. The Balaban J connectivity index is 1.06. The largest absolute Gasteiger partial charge is 0.416 e. The molecule has 14 aromatic rings. The molecule has 0 aliphatic heterocycles. The van der Waals surface area contributed by atoms with E-state index in [2.05, 4.69) is 24.3 Å². The summed E-state index contributed by atoms with van der Waals surface area (Å²) in [5.41, 5.74) is 7.33. The average Bonchev–Trinajstić information content (AvgIpc) is 1.56. The summed E-state index contributed by atoms with van der Waals surface area (Å²) in [6.07, 6.45) is -9.81. The van der Waals surface area contributed by atoms with E-state index in [0.717, 1.165) is 24.3 Å². The van der Waals surface area contributed by atoms with Gasteiger partial charge in [0.25, 0.3) is 0 Å². The Kier molecular flexibility index (Phi) is 13.4. The van der Waals surface area contributed by atoms with Crippen molar-refractivity contribution in [1.29, 1.82) is 21.0 Å². The van der Waals surface area contributed by atoms with E-state index in [1.165, 1.54) is 12.1 Å². The van der Waals surface area contributed by atoms with E-state index in [0.29, 0.717) is 116 Å². The van der Waals surface area contributed by atoms with Crippen molar-refractivity contribution < 1.29 is 26.3 Å². The first-order valence-corrected chi connectivity index (χ1v) is 28.1. The molecule has 11 aromatic carbocycles. The molecule has 0 amide bonds. The highest BCUT2D eigenvalue weighted by Gasteiger charge is 2.35. The first kappa shape index (κ1) is 55.4. The van der Waals surface area contributed by atoms with Crippen LogP contribution in [-0.4, -0.2) is 24.1 Å². The van der Waals surface area contributed by atoms with E-state index >= 15 is 26.3 Å². The normalized spacial score (nSPS) is 11.6. The summed E-state index contributed by atoms with van der Waals surface area (Å²) < 4.78 is 95.9. The summed E-state index contributed by atoms with van der Waals surface area (Å²) in [5.74, 6) is -0.669. The molecule has 0 aliphatic carbocycles. The minimum Gasteiger partial charge on any atom is -0.309 e.